The molecule has 0 aliphatic carbocycles. The van der Waals surface area contributed by atoms with Gasteiger partial charge < -0.3 is 14.2 Å². The van der Waals surface area contributed by atoms with Gasteiger partial charge >= 0.3 is 0 Å². The molecule has 0 saturated carbocycles. The molecule has 0 bridgehead atoms. The quantitative estimate of drug-likeness (QED) is 0.209. The fraction of sp³-hybridized carbons (Fsp3) is 0.231. The normalized spacial score (nSPS) is 10.9. The van der Waals surface area contributed by atoms with Crippen LogP contribution in [0.1, 0.15) is 41.8 Å². The van der Waals surface area contributed by atoms with Crippen LogP contribution in [-0.2, 0) is 6.61 Å². The number of amides is 1. The standard InChI is InChI=1S/C26H25Cl3N2O4/c1-3-11-34-21-9-6-18(7-10-21)26(32)31-30-15-17-12-23(29)25(24(13-17)33-4-2)35-16-19-5-8-20(27)14-22(19)28/h5-10,12-15H,3-4,11,16H2,1-2H3,(H,31,32)/b30-15+. The molecule has 1 amide bonds. The molecular formula is C26H25Cl3N2O4. The van der Waals surface area contributed by atoms with E-state index in [0.29, 0.717) is 56.7 Å². The average molecular weight is 536 g/mol. The molecule has 6 nitrogen and oxygen atoms in total. The van der Waals surface area contributed by atoms with E-state index in [9.17, 15) is 4.79 Å². The average Bonchev–Trinajstić information content (AvgIpc) is 2.83. The summed E-state index contributed by atoms with van der Waals surface area (Å²) < 4.78 is 17.1. The van der Waals surface area contributed by atoms with Crippen molar-refractivity contribution in [1.29, 1.82) is 0 Å². The summed E-state index contributed by atoms with van der Waals surface area (Å²) in [5, 5.41) is 5.40. The first kappa shape index (κ1) is 26.7. The second kappa shape index (κ2) is 13.2. The molecule has 0 fully saturated rings. The van der Waals surface area contributed by atoms with E-state index in [2.05, 4.69) is 10.5 Å². The Balaban J connectivity index is 1.67. The Labute approximate surface area is 219 Å². The summed E-state index contributed by atoms with van der Waals surface area (Å²) >= 11 is 18.7. The maximum absolute atomic E-state index is 12.4. The third-order valence-electron chi connectivity index (χ3n) is 4.69. The van der Waals surface area contributed by atoms with Crippen LogP contribution in [0.3, 0.4) is 0 Å². The summed E-state index contributed by atoms with van der Waals surface area (Å²) in [5.74, 6) is 1.19. The molecule has 184 valence electrons. The molecule has 0 radical (unpaired) electrons. The summed E-state index contributed by atoms with van der Waals surface area (Å²) in [4.78, 5) is 12.4. The molecule has 1 N–H and O–H groups in total. The Kier molecular flexibility index (Phi) is 10.1. The van der Waals surface area contributed by atoms with E-state index < -0.39 is 0 Å². The number of benzene rings is 3. The number of carbonyl (C=O) groups is 1. The van der Waals surface area contributed by atoms with Gasteiger partial charge in [-0.1, -0.05) is 47.8 Å². The van der Waals surface area contributed by atoms with Crippen molar-refractivity contribution in [2.45, 2.75) is 26.9 Å². The molecule has 0 atom stereocenters. The Morgan fingerprint density at radius 3 is 2.40 bits per heavy atom. The van der Waals surface area contributed by atoms with Gasteiger partial charge in [0.1, 0.15) is 12.4 Å². The van der Waals surface area contributed by atoms with Gasteiger partial charge in [0, 0.05) is 21.2 Å². The molecular weight excluding hydrogens is 511 g/mol. The van der Waals surface area contributed by atoms with Crippen LogP contribution in [0.4, 0.5) is 0 Å². The molecule has 0 aliphatic heterocycles. The molecule has 3 aromatic rings. The van der Waals surface area contributed by atoms with E-state index >= 15 is 0 Å². The lowest BCUT2D eigenvalue weighted by atomic mass is 10.2. The molecule has 3 aromatic carbocycles. The van der Waals surface area contributed by atoms with Gasteiger partial charge in [0.25, 0.3) is 5.91 Å². The summed E-state index contributed by atoms with van der Waals surface area (Å²) in [6, 6.07) is 15.4. The lowest BCUT2D eigenvalue weighted by molar-refractivity contribution is 0.0955. The molecule has 0 aromatic heterocycles. The van der Waals surface area contributed by atoms with Crippen LogP contribution in [0.5, 0.6) is 17.2 Å². The van der Waals surface area contributed by atoms with E-state index in [-0.39, 0.29) is 12.5 Å². The van der Waals surface area contributed by atoms with Crippen molar-refractivity contribution in [3.8, 4) is 17.2 Å². The van der Waals surface area contributed by atoms with Gasteiger partial charge in [0.2, 0.25) is 0 Å². The van der Waals surface area contributed by atoms with Crippen LogP contribution >= 0.6 is 34.8 Å². The highest BCUT2D eigenvalue weighted by molar-refractivity contribution is 6.35. The lowest BCUT2D eigenvalue weighted by Gasteiger charge is -2.15. The van der Waals surface area contributed by atoms with Crippen molar-refractivity contribution in [3.63, 3.8) is 0 Å². The maximum Gasteiger partial charge on any atom is 0.271 e. The first-order chi connectivity index (χ1) is 16.9. The zero-order valence-corrected chi connectivity index (χ0v) is 21.6. The monoisotopic (exact) mass is 534 g/mol. The number of ether oxygens (including phenoxy) is 3. The molecule has 0 spiro atoms. The minimum Gasteiger partial charge on any atom is -0.494 e. The molecule has 0 heterocycles. The SMILES string of the molecule is CCCOc1ccc(C(=O)N/N=C/c2cc(Cl)c(OCc3ccc(Cl)cc3Cl)c(OCC)c2)cc1. The first-order valence-electron chi connectivity index (χ1n) is 11.0. The van der Waals surface area contributed by atoms with E-state index in [0.717, 1.165) is 12.0 Å². The Morgan fingerprint density at radius 2 is 1.71 bits per heavy atom. The number of nitrogens with zero attached hydrogens (tertiary/aromatic N) is 1. The van der Waals surface area contributed by atoms with Crippen molar-refractivity contribution in [1.82, 2.24) is 5.43 Å². The fourth-order valence-corrected chi connectivity index (χ4v) is 3.74. The number of hydrazone groups is 1. The number of nitrogens with one attached hydrogen (secondary N) is 1. The highest BCUT2D eigenvalue weighted by Gasteiger charge is 2.14. The van der Waals surface area contributed by atoms with Crippen molar-refractivity contribution in [2.75, 3.05) is 13.2 Å². The fourth-order valence-electron chi connectivity index (χ4n) is 3.01. The topological polar surface area (TPSA) is 69.2 Å². The van der Waals surface area contributed by atoms with Crippen molar-refractivity contribution in [2.24, 2.45) is 5.10 Å². The summed E-state index contributed by atoms with van der Waals surface area (Å²) in [6.07, 6.45) is 2.39. The van der Waals surface area contributed by atoms with E-state index in [1.807, 2.05) is 13.8 Å². The number of carbonyl (C=O) groups excluding carboxylic acids is 1. The second-order valence-corrected chi connectivity index (χ2v) is 8.61. The predicted molar refractivity (Wildman–Crippen MR) is 141 cm³/mol. The van der Waals surface area contributed by atoms with Gasteiger partial charge in [-0.15, -0.1) is 0 Å². The van der Waals surface area contributed by atoms with Gasteiger partial charge in [-0.2, -0.15) is 5.10 Å². The maximum atomic E-state index is 12.4. The summed E-state index contributed by atoms with van der Waals surface area (Å²) in [5.41, 5.74) is 4.35. The lowest BCUT2D eigenvalue weighted by Crippen LogP contribution is -2.17. The van der Waals surface area contributed by atoms with Gasteiger partial charge in [-0.25, -0.2) is 5.43 Å². The highest BCUT2D eigenvalue weighted by Crippen LogP contribution is 2.37. The minimum atomic E-state index is -0.348. The third-order valence-corrected chi connectivity index (χ3v) is 5.56. The Bertz CT molecular complexity index is 1180. The summed E-state index contributed by atoms with van der Waals surface area (Å²) in [6.45, 7) is 5.10. The molecule has 0 aliphatic rings. The smallest absolute Gasteiger partial charge is 0.271 e. The first-order valence-corrected chi connectivity index (χ1v) is 12.1. The van der Waals surface area contributed by atoms with Crippen molar-refractivity contribution < 1.29 is 19.0 Å². The van der Waals surface area contributed by atoms with Gasteiger partial charge in [0.05, 0.1) is 24.5 Å². The van der Waals surface area contributed by atoms with Crippen LogP contribution < -0.4 is 19.6 Å². The van der Waals surface area contributed by atoms with E-state index in [1.54, 1.807) is 54.6 Å². The minimum absolute atomic E-state index is 0.182. The Hall–Kier alpha value is -2.93. The molecule has 9 heteroatoms. The summed E-state index contributed by atoms with van der Waals surface area (Å²) in [7, 11) is 0. The van der Waals surface area contributed by atoms with E-state index in [1.165, 1.54) is 6.21 Å². The molecule has 35 heavy (non-hydrogen) atoms. The van der Waals surface area contributed by atoms with Crippen LogP contribution in [0, 0.1) is 0 Å². The number of halogens is 3. The predicted octanol–water partition coefficient (Wildman–Crippen LogP) is 7.18. The highest BCUT2D eigenvalue weighted by atomic mass is 35.5. The molecule has 3 rings (SSSR count). The third kappa shape index (κ3) is 7.79. The largest absolute Gasteiger partial charge is 0.494 e. The van der Waals surface area contributed by atoms with Crippen molar-refractivity contribution in [3.05, 3.63) is 86.4 Å². The Morgan fingerprint density at radius 1 is 0.943 bits per heavy atom. The second-order valence-electron chi connectivity index (χ2n) is 7.36. The van der Waals surface area contributed by atoms with Crippen LogP contribution in [0.15, 0.2) is 59.7 Å². The zero-order chi connectivity index (χ0) is 25.2. The van der Waals surface area contributed by atoms with Gasteiger partial charge in [-0.3, -0.25) is 4.79 Å². The number of rotatable bonds is 11. The van der Waals surface area contributed by atoms with Gasteiger partial charge in [-0.05, 0) is 67.4 Å². The van der Waals surface area contributed by atoms with Crippen LogP contribution in [0.25, 0.3) is 0 Å². The van der Waals surface area contributed by atoms with Crippen molar-refractivity contribution >= 4 is 46.9 Å². The number of hydrogen-bond acceptors (Lipinski definition) is 5. The molecule has 0 unspecified atom stereocenters. The number of hydrogen-bond donors (Lipinski definition) is 1. The zero-order valence-electron chi connectivity index (χ0n) is 19.3. The molecule has 0 saturated heterocycles. The van der Waals surface area contributed by atoms with Crippen LogP contribution in [0.2, 0.25) is 15.1 Å². The van der Waals surface area contributed by atoms with Gasteiger partial charge in [0.15, 0.2) is 11.5 Å². The van der Waals surface area contributed by atoms with E-state index in [4.69, 9.17) is 49.0 Å². The van der Waals surface area contributed by atoms with Crippen LogP contribution in [-0.4, -0.2) is 25.3 Å².